The highest BCUT2D eigenvalue weighted by atomic mass is 16.5. The number of ether oxygens (including phenoxy) is 1. The quantitative estimate of drug-likeness (QED) is 0.815. The molecule has 0 heterocycles. The van der Waals surface area contributed by atoms with Gasteiger partial charge in [0.25, 0.3) is 0 Å². The predicted molar refractivity (Wildman–Crippen MR) is 88.6 cm³/mol. The first kappa shape index (κ1) is 15.2. The average Bonchev–Trinajstić information content (AvgIpc) is 3.22. The van der Waals surface area contributed by atoms with Crippen molar-refractivity contribution in [3.63, 3.8) is 0 Å². The molecule has 126 valence electrons. The second-order valence-electron chi connectivity index (χ2n) is 6.98. The van der Waals surface area contributed by atoms with E-state index in [4.69, 9.17) is 4.74 Å². The van der Waals surface area contributed by atoms with E-state index < -0.39 is 17.8 Å². The molecule has 0 aliphatic heterocycles. The molecule has 2 bridgehead atoms. The van der Waals surface area contributed by atoms with Crippen LogP contribution in [0.3, 0.4) is 0 Å². The Morgan fingerprint density at radius 2 is 1.88 bits per heavy atom. The number of carboxylic acids is 1. The number of nitrogens with one attached hydrogen (secondary N) is 1. The first-order chi connectivity index (χ1) is 11.6. The van der Waals surface area contributed by atoms with E-state index in [0.29, 0.717) is 18.0 Å². The number of rotatable bonds is 5. The van der Waals surface area contributed by atoms with Gasteiger partial charge in [0.2, 0.25) is 5.91 Å². The van der Waals surface area contributed by atoms with Crippen molar-refractivity contribution in [1.82, 2.24) is 0 Å². The summed E-state index contributed by atoms with van der Waals surface area (Å²) in [5.41, 5.74) is 0.634. The fraction of sp³-hybridized carbons (Fsp3) is 0.474. The first-order valence-corrected chi connectivity index (χ1v) is 8.52. The third-order valence-electron chi connectivity index (χ3n) is 5.87. The highest BCUT2D eigenvalue weighted by molar-refractivity contribution is 5.97. The number of allylic oxidation sites excluding steroid dienone is 2. The number of benzene rings is 1. The second kappa shape index (κ2) is 5.36. The number of hydrogen-bond donors (Lipinski definition) is 2. The van der Waals surface area contributed by atoms with E-state index in [2.05, 4.69) is 11.4 Å². The van der Waals surface area contributed by atoms with E-state index >= 15 is 0 Å². The van der Waals surface area contributed by atoms with Gasteiger partial charge in [-0.25, -0.2) is 0 Å². The van der Waals surface area contributed by atoms with Gasteiger partial charge in [0.1, 0.15) is 5.75 Å². The Balaban J connectivity index is 1.61. The van der Waals surface area contributed by atoms with E-state index in [1.165, 1.54) is 0 Å². The largest absolute Gasteiger partial charge is 0.492 e. The predicted octanol–water partition coefficient (Wildman–Crippen LogP) is 2.94. The highest BCUT2D eigenvalue weighted by Crippen LogP contribution is 2.72. The number of para-hydroxylation sites is 2. The van der Waals surface area contributed by atoms with Gasteiger partial charge in [-0.05, 0) is 49.1 Å². The van der Waals surface area contributed by atoms with E-state index in [1.54, 1.807) is 12.1 Å². The lowest BCUT2D eigenvalue weighted by Crippen LogP contribution is -2.36. The van der Waals surface area contributed by atoms with E-state index in [9.17, 15) is 14.7 Å². The lowest BCUT2D eigenvalue weighted by molar-refractivity contribution is -0.146. The second-order valence-corrected chi connectivity index (χ2v) is 6.98. The van der Waals surface area contributed by atoms with Crippen molar-refractivity contribution in [3.05, 3.63) is 36.4 Å². The topological polar surface area (TPSA) is 75.6 Å². The number of anilines is 1. The molecule has 0 aromatic heterocycles. The summed E-state index contributed by atoms with van der Waals surface area (Å²) in [4.78, 5) is 24.7. The molecule has 3 aliphatic rings. The Kier molecular flexibility index (Phi) is 3.41. The zero-order valence-electron chi connectivity index (χ0n) is 13.6. The molecule has 24 heavy (non-hydrogen) atoms. The molecule has 0 saturated heterocycles. The number of aliphatic carboxylic acids is 1. The maximum Gasteiger partial charge on any atom is 0.307 e. The molecular weight excluding hydrogens is 306 g/mol. The van der Waals surface area contributed by atoms with Gasteiger partial charge in [-0.3, -0.25) is 9.59 Å². The maximum absolute atomic E-state index is 12.9. The molecule has 3 aliphatic carbocycles. The normalized spacial score (nSPS) is 31.2. The van der Waals surface area contributed by atoms with Crippen molar-refractivity contribution in [2.45, 2.75) is 19.8 Å². The molecule has 5 heteroatoms. The molecule has 4 rings (SSSR count). The van der Waals surface area contributed by atoms with Crippen molar-refractivity contribution in [2.24, 2.45) is 29.1 Å². The summed E-state index contributed by atoms with van der Waals surface area (Å²) < 4.78 is 5.55. The molecule has 2 N–H and O–H groups in total. The van der Waals surface area contributed by atoms with Crippen LogP contribution in [0.15, 0.2) is 36.4 Å². The molecular formula is C19H21NO4. The highest BCUT2D eigenvalue weighted by Gasteiger charge is 2.70. The number of carboxylic acid groups (broad SMARTS) is 1. The monoisotopic (exact) mass is 327 g/mol. The molecule has 1 aromatic rings. The standard InChI is InChI=1S/C19H21NO4/c1-2-24-14-6-4-3-5-13(14)20-17(21)15-11-7-8-12(16(15)18(22)23)19(11)9-10-19/h3-8,11-12,15-16H,2,9-10H2,1H3,(H,20,21)(H,22,23)/t11-,12-,15-,16+/m1/s1. The summed E-state index contributed by atoms with van der Waals surface area (Å²) in [5.74, 6) is -1.55. The molecule has 1 spiro atoms. The van der Waals surface area contributed by atoms with Crippen molar-refractivity contribution < 1.29 is 19.4 Å². The molecule has 0 radical (unpaired) electrons. The maximum atomic E-state index is 12.9. The summed E-state index contributed by atoms with van der Waals surface area (Å²) in [5, 5.41) is 12.6. The Bertz CT molecular complexity index is 722. The lowest BCUT2D eigenvalue weighted by atomic mass is 9.82. The van der Waals surface area contributed by atoms with E-state index in [0.717, 1.165) is 12.8 Å². The van der Waals surface area contributed by atoms with Crippen molar-refractivity contribution in [1.29, 1.82) is 0 Å². The number of carbonyl (C=O) groups excluding carboxylic acids is 1. The minimum Gasteiger partial charge on any atom is -0.492 e. The Hall–Kier alpha value is -2.30. The minimum absolute atomic E-state index is 0.00196. The van der Waals surface area contributed by atoms with Crippen molar-refractivity contribution in [3.8, 4) is 5.75 Å². The first-order valence-electron chi connectivity index (χ1n) is 8.52. The van der Waals surface area contributed by atoms with E-state index in [-0.39, 0.29) is 23.2 Å². The van der Waals surface area contributed by atoms with Gasteiger partial charge < -0.3 is 15.2 Å². The summed E-state index contributed by atoms with van der Waals surface area (Å²) in [6, 6.07) is 7.27. The number of carbonyl (C=O) groups is 2. The van der Waals surface area contributed by atoms with Crippen LogP contribution < -0.4 is 10.1 Å². The van der Waals surface area contributed by atoms with Gasteiger partial charge in [-0.1, -0.05) is 24.3 Å². The fourth-order valence-corrected chi connectivity index (χ4v) is 4.76. The summed E-state index contributed by atoms with van der Waals surface area (Å²) in [6.45, 7) is 2.39. The summed E-state index contributed by atoms with van der Waals surface area (Å²) in [7, 11) is 0. The van der Waals surface area contributed by atoms with E-state index in [1.807, 2.05) is 25.1 Å². The molecule has 2 saturated carbocycles. The van der Waals surface area contributed by atoms with Gasteiger partial charge in [0, 0.05) is 0 Å². The number of amides is 1. The minimum atomic E-state index is -0.864. The Morgan fingerprint density at radius 1 is 1.21 bits per heavy atom. The van der Waals surface area contributed by atoms with Crippen LogP contribution in [0.25, 0.3) is 0 Å². The zero-order valence-corrected chi connectivity index (χ0v) is 13.6. The Labute approximate surface area is 140 Å². The van der Waals surface area contributed by atoms with Crippen LogP contribution in [0.1, 0.15) is 19.8 Å². The molecule has 2 fully saturated rings. The van der Waals surface area contributed by atoms with Crippen LogP contribution >= 0.6 is 0 Å². The fourth-order valence-electron chi connectivity index (χ4n) is 4.76. The molecule has 5 nitrogen and oxygen atoms in total. The smallest absolute Gasteiger partial charge is 0.307 e. The van der Waals surface area contributed by atoms with Gasteiger partial charge in [0.05, 0.1) is 24.1 Å². The lowest BCUT2D eigenvalue weighted by Gasteiger charge is -2.24. The summed E-state index contributed by atoms with van der Waals surface area (Å²) >= 11 is 0. The number of hydrogen-bond acceptors (Lipinski definition) is 3. The third-order valence-corrected chi connectivity index (χ3v) is 5.87. The van der Waals surface area contributed by atoms with Crippen LogP contribution in [0.5, 0.6) is 5.75 Å². The van der Waals surface area contributed by atoms with Crippen LogP contribution in [0, 0.1) is 29.1 Å². The van der Waals surface area contributed by atoms with Gasteiger partial charge in [0.15, 0.2) is 0 Å². The van der Waals surface area contributed by atoms with Crippen LogP contribution in [-0.2, 0) is 9.59 Å². The molecule has 1 amide bonds. The molecule has 4 atom stereocenters. The average molecular weight is 327 g/mol. The van der Waals surface area contributed by atoms with Gasteiger partial charge in [-0.15, -0.1) is 0 Å². The zero-order chi connectivity index (χ0) is 16.9. The SMILES string of the molecule is CCOc1ccccc1NC(=O)[C@H]1[C@@H](C(=O)O)[C@H]2C=C[C@H]1C21CC1. The Morgan fingerprint density at radius 3 is 2.50 bits per heavy atom. The van der Waals surface area contributed by atoms with Gasteiger partial charge >= 0.3 is 5.97 Å². The van der Waals surface area contributed by atoms with Crippen LogP contribution in [-0.4, -0.2) is 23.6 Å². The summed E-state index contributed by atoms with van der Waals surface area (Å²) in [6.07, 6.45) is 6.14. The third kappa shape index (κ3) is 2.07. The van der Waals surface area contributed by atoms with Gasteiger partial charge in [-0.2, -0.15) is 0 Å². The molecule has 1 aromatic carbocycles. The molecule has 0 unspecified atom stereocenters. The van der Waals surface area contributed by atoms with Crippen LogP contribution in [0.2, 0.25) is 0 Å². The van der Waals surface area contributed by atoms with Crippen molar-refractivity contribution in [2.75, 3.05) is 11.9 Å². The van der Waals surface area contributed by atoms with Crippen LogP contribution in [0.4, 0.5) is 5.69 Å². The van der Waals surface area contributed by atoms with Crippen molar-refractivity contribution >= 4 is 17.6 Å².